The minimum absolute atomic E-state index is 0.179. The number of hydrogen-bond donors (Lipinski definition) is 2. The third kappa shape index (κ3) is 3.16. The molecule has 2 heterocycles. The van der Waals surface area contributed by atoms with E-state index in [2.05, 4.69) is 9.88 Å². The van der Waals surface area contributed by atoms with Gasteiger partial charge < -0.3 is 20.6 Å². The van der Waals surface area contributed by atoms with Gasteiger partial charge in [0.15, 0.2) is 5.13 Å². The monoisotopic (exact) mass is 284 g/mol. The maximum absolute atomic E-state index is 12.2. The number of carbonyl (C=O) groups is 1. The molecule has 1 fully saturated rings. The number of aromatic nitrogens is 1. The summed E-state index contributed by atoms with van der Waals surface area (Å²) in [6.07, 6.45) is 1.76. The van der Waals surface area contributed by atoms with Gasteiger partial charge in [-0.1, -0.05) is 11.3 Å². The second-order valence-corrected chi connectivity index (χ2v) is 5.92. The van der Waals surface area contributed by atoms with Gasteiger partial charge in [0.1, 0.15) is 10.7 Å². The molecule has 106 valence electrons. The van der Waals surface area contributed by atoms with Gasteiger partial charge in [0.2, 0.25) is 0 Å². The molecule has 1 aromatic heterocycles. The second kappa shape index (κ2) is 5.75. The molecule has 0 saturated carbocycles. The van der Waals surface area contributed by atoms with E-state index >= 15 is 0 Å². The Kier molecular flexibility index (Phi) is 4.26. The van der Waals surface area contributed by atoms with E-state index in [4.69, 9.17) is 5.73 Å². The van der Waals surface area contributed by atoms with Crippen LogP contribution in [0, 0.1) is 0 Å². The first-order valence-corrected chi connectivity index (χ1v) is 7.25. The molecule has 0 radical (unpaired) electrons. The Hall–Kier alpha value is -1.34. The fraction of sp³-hybridized carbons (Fsp3) is 0.667. The van der Waals surface area contributed by atoms with E-state index in [1.54, 1.807) is 14.0 Å². The predicted octanol–water partition coefficient (Wildman–Crippen LogP) is 0.778. The maximum Gasteiger partial charge on any atom is 0.267 e. The highest BCUT2D eigenvalue weighted by Gasteiger charge is 2.23. The van der Waals surface area contributed by atoms with Crippen molar-refractivity contribution >= 4 is 28.2 Å². The van der Waals surface area contributed by atoms with Crippen LogP contribution in [0.4, 0.5) is 10.9 Å². The Morgan fingerprint density at radius 2 is 2.21 bits per heavy atom. The summed E-state index contributed by atoms with van der Waals surface area (Å²) in [5, 5.41) is 10.1. The summed E-state index contributed by atoms with van der Waals surface area (Å²) in [6, 6.07) is 0. The predicted molar refractivity (Wildman–Crippen MR) is 76.6 cm³/mol. The number of nitrogen functional groups attached to an aromatic ring is 1. The summed E-state index contributed by atoms with van der Waals surface area (Å²) in [6.45, 7) is 3.89. The topological polar surface area (TPSA) is 82.7 Å². The lowest BCUT2D eigenvalue weighted by Gasteiger charge is -2.17. The Morgan fingerprint density at radius 1 is 1.58 bits per heavy atom. The summed E-state index contributed by atoms with van der Waals surface area (Å²) in [4.78, 5) is 20.6. The van der Waals surface area contributed by atoms with Crippen LogP contribution in [0.2, 0.25) is 0 Å². The van der Waals surface area contributed by atoms with Crippen molar-refractivity contribution < 1.29 is 9.90 Å². The van der Waals surface area contributed by atoms with E-state index in [1.165, 1.54) is 16.2 Å². The van der Waals surface area contributed by atoms with Crippen molar-refractivity contribution in [3.8, 4) is 0 Å². The average molecular weight is 284 g/mol. The highest BCUT2D eigenvalue weighted by Crippen LogP contribution is 2.31. The quantitative estimate of drug-likeness (QED) is 0.853. The standard InChI is InChI=1S/C12H20N4O2S/c1-8(17)7-15(2)11(18)9-10(13)14-12(19-9)16-5-3-4-6-16/h8,17H,3-7,13H2,1-2H3. The summed E-state index contributed by atoms with van der Waals surface area (Å²) in [5.74, 6) is 0.107. The van der Waals surface area contributed by atoms with Crippen molar-refractivity contribution in [2.45, 2.75) is 25.9 Å². The average Bonchev–Trinajstić information content (AvgIpc) is 2.95. The molecule has 1 aliphatic heterocycles. The van der Waals surface area contributed by atoms with Crippen molar-refractivity contribution in [2.75, 3.05) is 37.3 Å². The van der Waals surface area contributed by atoms with Gasteiger partial charge in [0, 0.05) is 26.7 Å². The first-order valence-electron chi connectivity index (χ1n) is 6.44. The molecule has 1 unspecified atom stereocenters. The first-order chi connectivity index (χ1) is 8.99. The molecule has 6 nitrogen and oxygen atoms in total. The molecule has 1 atom stereocenters. The molecule has 19 heavy (non-hydrogen) atoms. The van der Waals surface area contributed by atoms with Crippen LogP contribution in [0.15, 0.2) is 0 Å². The number of carbonyl (C=O) groups excluding carboxylic acids is 1. The molecule has 0 bridgehead atoms. The van der Waals surface area contributed by atoms with Crippen LogP contribution in [-0.2, 0) is 0 Å². The number of amides is 1. The van der Waals surface area contributed by atoms with Gasteiger partial charge in [-0.25, -0.2) is 4.98 Å². The Balaban J connectivity index is 2.13. The number of anilines is 2. The zero-order chi connectivity index (χ0) is 14.0. The summed E-state index contributed by atoms with van der Waals surface area (Å²) < 4.78 is 0. The lowest BCUT2D eigenvalue weighted by Crippen LogP contribution is -2.32. The van der Waals surface area contributed by atoms with Crippen LogP contribution in [0.5, 0.6) is 0 Å². The second-order valence-electron chi connectivity index (χ2n) is 4.94. The van der Waals surface area contributed by atoms with Crippen LogP contribution in [0.1, 0.15) is 29.4 Å². The SMILES string of the molecule is CC(O)CN(C)C(=O)c1sc(N2CCCC2)nc1N. The molecule has 3 N–H and O–H groups in total. The van der Waals surface area contributed by atoms with Crippen LogP contribution in [-0.4, -0.2) is 53.7 Å². The molecule has 0 aromatic carbocycles. The number of thiazole rings is 1. The van der Waals surface area contributed by atoms with E-state index in [-0.39, 0.29) is 18.3 Å². The van der Waals surface area contributed by atoms with Gasteiger partial charge in [0.05, 0.1) is 6.10 Å². The normalized spacial score (nSPS) is 16.7. The maximum atomic E-state index is 12.2. The molecular formula is C12H20N4O2S. The lowest BCUT2D eigenvalue weighted by atomic mass is 10.3. The highest BCUT2D eigenvalue weighted by molar-refractivity contribution is 7.18. The van der Waals surface area contributed by atoms with Gasteiger partial charge in [-0.2, -0.15) is 0 Å². The number of hydrogen-bond acceptors (Lipinski definition) is 6. The molecule has 7 heteroatoms. The van der Waals surface area contributed by atoms with E-state index in [9.17, 15) is 9.90 Å². The molecule has 1 saturated heterocycles. The zero-order valence-corrected chi connectivity index (χ0v) is 12.1. The fourth-order valence-corrected chi connectivity index (χ4v) is 3.20. The van der Waals surface area contributed by atoms with Crippen LogP contribution >= 0.6 is 11.3 Å². The summed E-state index contributed by atoms with van der Waals surface area (Å²) in [7, 11) is 1.66. The molecule has 1 amide bonds. The van der Waals surface area contributed by atoms with Crippen molar-refractivity contribution in [1.82, 2.24) is 9.88 Å². The van der Waals surface area contributed by atoms with E-state index < -0.39 is 6.10 Å². The third-order valence-electron chi connectivity index (χ3n) is 3.10. The zero-order valence-electron chi connectivity index (χ0n) is 11.3. The van der Waals surface area contributed by atoms with Crippen LogP contribution < -0.4 is 10.6 Å². The highest BCUT2D eigenvalue weighted by atomic mass is 32.1. The first kappa shape index (κ1) is 14.1. The van der Waals surface area contributed by atoms with Gasteiger partial charge in [-0.15, -0.1) is 0 Å². The van der Waals surface area contributed by atoms with E-state index in [0.29, 0.717) is 4.88 Å². The molecular weight excluding hydrogens is 264 g/mol. The van der Waals surface area contributed by atoms with Gasteiger partial charge >= 0.3 is 0 Å². The molecule has 0 spiro atoms. The molecule has 2 rings (SSSR count). The fourth-order valence-electron chi connectivity index (χ4n) is 2.17. The summed E-state index contributed by atoms with van der Waals surface area (Å²) >= 11 is 1.34. The number of rotatable bonds is 4. The number of aliphatic hydroxyl groups is 1. The Morgan fingerprint density at radius 3 is 2.79 bits per heavy atom. The van der Waals surface area contributed by atoms with Crippen molar-refractivity contribution in [3.63, 3.8) is 0 Å². The van der Waals surface area contributed by atoms with Crippen molar-refractivity contribution in [3.05, 3.63) is 4.88 Å². The van der Waals surface area contributed by atoms with Gasteiger partial charge in [-0.3, -0.25) is 4.79 Å². The van der Waals surface area contributed by atoms with Gasteiger partial charge in [0.25, 0.3) is 5.91 Å². The largest absolute Gasteiger partial charge is 0.392 e. The Bertz CT molecular complexity index is 455. The minimum Gasteiger partial charge on any atom is -0.392 e. The number of likely N-dealkylation sites (N-methyl/N-ethyl adjacent to an activating group) is 1. The molecule has 1 aromatic rings. The van der Waals surface area contributed by atoms with E-state index in [1.807, 2.05) is 0 Å². The van der Waals surface area contributed by atoms with Crippen molar-refractivity contribution in [1.29, 1.82) is 0 Å². The molecule has 1 aliphatic rings. The number of aliphatic hydroxyl groups excluding tert-OH is 1. The smallest absolute Gasteiger partial charge is 0.267 e. The van der Waals surface area contributed by atoms with Crippen LogP contribution in [0.3, 0.4) is 0 Å². The van der Waals surface area contributed by atoms with Gasteiger partial charge in [-0.05, 0) is 19.8 Å². The summed E-state index contributed by atoms with van der Waals surface area (Å²) in [5.41, 5.74) is 5.84. The number of nitrogens with two attached hydrogens (primary N) is 1. The third-order valence-corrected chi connectivity index (χ3v) is 4.22. The Labute approximate surface area is 116 Å². The van der Waals surface area contributed by atoms with Crippen molar-refractivity contribution in [2.24, 2.45) is 0 Å². The minimum atomic E-state index is -0.554. The number of nitrogens with zero attached hydrogens (tertiary/aromatic N) is 3. The van der Waals surface area contributed by atoms with Crippen LogP contribution in [0.25, 0.3) is 0 Å². The van der Waals surface area contributed by atoms with E-state index in [0.717, 1.165) is 31.1 Å². The lowest BCUT2D eigenvalue weighted by molar-refractivity contribution is 0.0709. The molecule has 0 aliphatic carbocycles.